The molecule has 4 rings (SSSR count). The van der Waals surface area contributed by atoms with Crippen LogP contribution < -0.4 is 15.8 Å². The highest BCUT2D eigenvalue weighted by atomic mass is 32.2. The molecule has 11 heteroatoms. The van der Waals surface area contributed by atoms with Crippen molar-refractivity contribution in [3.8, 4) is 11.1 Å². The van der Waals surface area contributed by atoms with Crippen molar-refractivity contribution < 1.29 is 26.9 Å². The summed E-state index contributed by atoms with van der Waals surface area (Å²) in [7, 11) is 1.29. The molecule has 5 N–H and O–H groups in total. The fourth-order valence-corrected chi connectivity index (χ4v) is 4.45. The lowest BCUT2D eigenvalue weighted by Crippen LogP contribution is -2.28. The van der Waals surface area contributed by atoms with Crippen molar-refractivity contribution in [2.75, 3.05) is 17.5 Å². The van der Waals surface area contributed by atoms with E-state index in [1.54, 1.807) is 24.3 Å². The minimum Gasteiger partial charge on any atom is -0.588 e. The highest BCUT2D eigenvalue weighted by molar-refractivity contribution is 7.93. The molecule has 3 aromatic carbocycles. The summed E-state index contributed by atoms with van der Waals surface area (Å²) in [5, 5.41) is 10.6. The molecule has 0 aliphatic carbocycles. The van der Waals surface area contributed by atoms with Crippen molar-refractivity contribution in [2.45, 2.75) is 4.90 Å². The fourth-order valence-electron chi connectivity index (χ4n) is 3.41. The van der Waals surface area contributed by atoms with E-state index >= 15 is 8.78 Å². The van der Waals surface area contributed by atoms with Crippen LogP contribution in [-0.2, 0) is 16.2 Å². The Morgan fingerprint density at radius 3 is 2.59 bits per heavy atom. The second-order valence-electron chi connectivity index (χ2n) is 7.09. The second kappa shape index (κ2) is 9.12. The lowest BCUT2D eigenvalue weighted by atomic mass is 9.98. The minimum atomic E-state index is -1.96. The second-order valence-corrected chi connectivity index (χ2v) is 8.27. The Labute approximate surface area is 194 Å². The van der Waals surface area contributed by atoms with Gasteiger partial charge in [-0.2, -0.15) is 0 Å². The number of hydrogen-bond donors (Lipinski definition) is 4. The molecule has 0 radical (unpaired) electrons. The first-order valence-electron chi connectivity index (χ1n) is 9.76. The molecule has 1 atom stereocenters. The molecule has 0 aliphatic heterocycles. The summed E-state index contributed by atoms with van der Waals surface area (Å²) >= 11 is -1.96. The molecular formula is C23H17F3N4O3S. The van der Waals surface area contributed by atoms with Crippen LogP contribution in [0.2, 0.25) is 0 Å². The van der Waals surface area contributed by atoms with Crippen LogP contribution in [0.4, 0.5) is 24.5 Å². The highest BCUT2D eigenvalue weighted by Crippen LogP contribution is 2.36. The number of likely N-dealkylation sites (N-methyl/N-ethyl adjacent to an activating group) is 1. The number of nitrogen functional groups attached to an aromatic ring is 1. The minimum absolute atomic E-state index is 0.231. The van der Waals surface area contributed by atoms with Crippen LogP contribution in [0.1, 0.15) is 5.56 Å². The zero-order valence-electron chi connectivity index (χ0n) is 17.5. The van der Waals surface area contributed by atoms with Gasteiger partial charge in [0.05, 0.1) is 22.9 Å². The summed E-state index contributed by atoms with van der Waals surface area (Å²) in [6.45, 7) is 0. The SMILES string of the molecule is CNC(=O)C(=N)c1ccc(-c2c(F)ccc(N[S+]([O-])c3cccc4occc34)c2F)c(F)c1N. The highest BCUT2D eigenvalue weighted by Gasteiger charge is 2.26. The molecule has 7 nitrogen and oxygen atoms in total. The number of rotatable bonds is 6. The van der Waals surface area contributed by atoms with Gasteiger partial charge in [0, 0.05) is 18.2 Å². The van der Waals surface area contributed by atoms with Crippen LogP contribution in [0.25, 0.3) is 22.1 Å². The molecule has 0 spiro atoms. The summed E-state index contributed by atoms with van der Waals surface area (Å²) in [5.74, 6) is -4.29. The molecule has 0 saturated heterocycles. The Kier molecular flexibility index (Phi) is 6.22. The number of furan rings is 1. The maximum Gasteiger partial charge on any atom is 0.269 e. The lowest BCUT2D eigenvalue weighted by Gasteiger charge is -2.16. The molecule has 34 heavy (non-hydrogen) atoms. The number of fused-ring (bicyclic) bond motifs is 1. The average Bonchev–Trinajstić information content (AvgIpc) is 3.31. The van der Waals surface area contributed by atoms with Gasteiger partial charge in [-0.25, -0.2) is 17.9 Å². The van der Waals surface area contributed by atoms with E-state index in [-0.39, 0.29) is 11.3 Å². The largest absolute Gasteiger partial charge is 0.588 e. The summed E-state index contributed by atoms with van der Waals surface area (Å²) < 4.78 is 65.7. The Morgan fingerprint density at radius 2 is 1.85 bits per heavy atom. The molecule has 0 bridgehead atoms. The molecule has 1 heterocycles. The van der Waals surface area contributed by atoms with E-state index in [1.807, 2.05) is 0 Å². The van der Waals surface area contributed by atoms with Gasteiger partial charge in [0.2, 0.25) is 0 Å². The van der Waals surface area contributed by atoms with Crippen LogP contribution in [0.3, 0.4) is 0 Å². The Bertz CT molecular complexity index is 1440. The third-order valence-corrected chi connectivity index (χ3v) is 6.28. The maximum absolute atomic E-state index is 15.3. The fraction of sp³-hybridized carbons (Fsp3) is 0.0435. The molecule has 0 fully saturated rings. The zero-order valence-corrected chi connectivity index (χ0v) is 18.4. The first-order valence-corrected chi connectivity index (χ1v) is 10.9. The van der Waals surface area contributed by atoms with Crippen molar-refractivity contribution in [3.05, 3.63) is 77.8 Å². The van der Waals surface area contributed by atoms with E-state index in [0.29, 0.717) is 15.9 Å². The predicted octanol–water partition coefficient (Wildman–Crippen LogP) is 4.35. The first-order chi connectivity index (χ1) is 16.2. The molecule has 174 valence electrons. The van der Waals surface area contributed by atoms with Crippen LogP contribution in [0.15, 0.2) is 64.1 Å². The molecule has 1 aromatic heterocycles. The van der Waals surface area contributed by atoms with Gasteiger partial charge in [-0.3, -0.25) is 10.2 Å². The molecule has 0 aliphatic rings. The third kappa shape index (κ3) is 3.95. The molecule has 1 unspecified atom stereocenters. The first kappa shape index (κ1) is 23.2. The number of anilines is 2. The summed E-state index contributed by atoms with van der Waals surface area (Å²) in [5.41, 5.74) is 3.16. The van der Waals surface area contributed by atoms with E-state index in [0.717, 1.165) is 24.3 Å². The van der Waals surface area contributed by atoms with Crippen molar-refractivity contribution in [1.82, 2.24) is 5.32 Å². The van der Waals surface area contributed by atoms with Crippen molar-refractivity contribution in [3.63, 3.8) is 0 Å². The summed E-state index contributed by atoms with van der Waals surface area (Å²) in [6, 6.07) is 10.5. The number of carbonyl (C=O) groups excluding carboxylic acids is 1. The van der Waals surface area contributed by atoms with Gasteiger partial charge < -0.3 is 20.0 Å². The quantitative estimate of drug-likeness (QED) is 0.183. The van der Waals surface area contributed by atoms with Gasteiger partial charge in [0.25, 0.3) is 5.91 Å². The number of hydrogen-bond acceptors (Lipinski definition) is 6. The topological polar surface area (TPSA) is 127 Å². The number of carbonyl (C=O) groups is 1. The van der Waals surface area contributed by atoms with E-state index in [2.05, 4.69) is 10.0 Å². The number of halogens is 3. The van der Waals surface area contributed by atoms with Crippen LogP contribution in [0, 0.1) is 22.9 Å². The molecule has 0 saturated carbocycles. The van der Waals surface area contributed by atoms with Gasteiger partial charge in [-0.1, -0.05) is 12.1 Å². The lowest BCUT2D eigenvalue weighted by molar-refractivity contribution is -0.114. The molecule has 4 aromatic rings. The van der Waals surface area contributed by atoms with E-state index < -0.39 is 57.2 Å². The van der Waals surface area contributed by atoms with Gasteiger partial charge in [0.15, 0.2) is 16.5 Å². The Morgan fingerprint density at radius 1 is 1.09 bits per heavy atom. The van der Waals surface area contributed by atoms with E-state index in [9.17, 15) is 13.7 Å². The van der Waals surface area contributed by atoms with Gasteiger partial charge in [-0.15, -0.1) is 0 Å². The van der Waals surface area contributed by atoms with Crippen molar-refractivity contribution in [1.29, 1.82) is 5.41 Å². The van der Waals surface area contributed by atoms with Crippen LogP contribution >= 0.6 is 0 Å². The summed E-state index contributed by atoms with van der Waals surface area (Å²) in [6.07, 6.45) is 1.42. The van der Waals surface area contributed by atoms with Crippen molar-refractivity contribution >= 4 is 45.3 Å². The smallest absolute Gasteiger partial charge is 0.269 e. The van der Waals surface area contributed by atoms with Crippen LogP contribution in [-0.4, -0.2) is 23.2 Å². The Balaban J connectivity index is 1.74. The van der Waals surface area contributed by atoms with Gasteiger partial charge in [-0.05, 0) is 36.4 Å². The zero-order chi connectivity index (χ0) is 24.6. The van der Waals surface area contributed by atoms with Gasteiger partial charge in [0.1, 0.15) is 34.2 Å². The van der Waals surface area contributed by atoms with Crippen LogP contribution in [0.5, 0.6) is 0 Å². The normalized spacial score (nSPS) is 11.9. The molecular weight excluding hydrogens is 469 g/mol. The van der Waals surface area contributed by atoms with E-state index in [1.165, 1.54) is 13.3 Å². The Hall–Kier alpha value is -3.96. The predicted molar refractivity (Wildman–Crippen MR) is 123 cm³/mol. The number of nitrogens with two attached hydrogens (primary N) is 1. The third-order valence-electron chi connectivity index (χ3n) is 5.12. The maximum atomic E-state index is 15.3. The van der Waals surface area contributed by atoms with Crippen molar-refractivity contribution in [2.24, 2.45) is 0 Å². The number of amides is 1. The number of benzene rings is 3. The molecule has 1 amide bonds. The van der Waals surface area contributed by atoms with E-state index in [4.69, 9.17) is 15.6 Å². The van der Waals surface area contributed by atoms with Gasteiger partial charge >= 0.3 is 0 Å². The monoisotopic (exact) mass is 486 g/mol. The average molecular weight is 486 g/mol. The summed E-state index contributed by atoms with van der Waals surface area (Å²) in [4.78, 5) is 12.0. The standard InChI is InChI=1S/C23H17F3N4O3S/c1-29-23(31)22(28)13-6-5-12(19(25)21(13)27)18-14(24)7-8-15(20(18)26)30-34(32)17-4-2-3-16-11(17)9-10-33-16/h2-10,28,30H,27H2,1H3,(H,29,31). The number of nitrogens with one attached hydrogen (secondary N) is 3.